The summed E-state index contributed by atoms with van der Waals surface area (Å²) in [5, 5.41) is 23.4. The highest BCUT2D eigenvalue weighted by atomic mass is 35.5. The van der Waals surface area contributed by atoms with Gasteiger partial charge in [-0.15, -0.1) is 11.6 Å². The lowest BCUT2D eigenvalue weighted by atomic mass is 9.46. The zero-order valence-electron chi connectivity index (χ0n) is 26.4. The molecule has 1 aromatic rings. The minimum Gasteiger partial charge on any atom is -0.458 e. The summed E-state index contributed by atoms with van der Waals surface area (Å²) in [6, 6.07) is 8.33. The number of esters is 1. The molecule has 8 heteroatoms. The largest absolute Gasteiger partial charge is 0.458 e. The number of nitrogens with zero attached hydrogens (tertiary/aromatic N) is 1. The monoisotopic (exact) mass is 625 g/mol. The average Bonchev–Trinajstić information content (AvgIpc) is 3.27. The Hall–Kier alpha value is -2.48. The maximum Gasteiger partial charge on any atom is 0.306 e. The fourth-order valence-electron chi connectivity index (χ4n) is 9.18. The van der Waals surface area contributed by atoms with E-state index >= 15 is 0 Å². The molecule has 0 heterocycles. The number of ether oxygens (including phenoxy) is 1. The lowest BCUT2D eigenvalue weighted by molar-refractivity contribution is -0.181. The molecule has 7 nitrogen and oxygen atoms in total. The second-order valence-corrected chi connectivity index (χ2v) is 14.3. The van der Waals surface area contributed by atoms with E-state index in [1.54, 1.807) is 12.2 Å². The van der Waals surface area contributed by atoms with Crippen molar-refractivity contribution in [3.8, 4) is 0 Å². The van der Waals surface area contributed by atoms with Gasteiger partial charge in [-0.25, -0.2) is 0 Å². The van der Waals surface area contributed by atoms with Crippen LogP contribution in [0.1, 0.15) is 77.7 Å². The van der Waals surface area contributed by atoms with Crippen LogP contribution in [-0.2, 0) is 25.5 Å². The number of aliphatic hydroxyl groups excluding tert-OH is 1. The van der Waals surface area contributed by atoms with Gasteiger partial charge >= 0.3 is 5.97 Å². The first-order valence-corrected chi connectivity index (χ1v) is 16.9. The smallest absolute Gasteiger partial charge is 0.306 e. The lowest BCUT2D eigenvalue weighted by Gasteiger charge is -2.59. The molecule has 240 valence electrons. The molecule has 0 aliphatic heterocycles. The summed E-state index contributed by atoms with van der Waals surface area (Å²) in [7, 11) is 0. The van der Waals surface area contributed by atoms with Crippen molar-refractivity contribution in [1.29, 1.82) is 0 Å². The van der Waals surface area contributed by atoms with E-state index < -0.39 is 40.9 Å². The number of halogens is 1. The minimum atomic E-state index is -1.66. The van der Waals surface area contributed by atoms with Crippen LogP contribution in [0, 0.1) is 28.6 Å². The highest BCUT2D eigenvalue weighted by Crippen LogP contribution is 2.67. The molecule has 7 atom stereocenters. The summed E-state index contributed by atoms with van der Waals surface area (Å²) >= 11 is 5.95. The number of aliphatic hydroxyl groups is 2. The van der Waals surface area contributed by atoms with Gasteiger partial charge in [-0.1, -0.05) is 44.6 Å². The molecule has 3 fully saturated rings. The van der Waals surface area contributed by atoms with E-state index in [2.05, 4.69) is 43.0 Å². The fourth-order valence-corrected chi connectivity index (χ4v) is 9.38. The van der Waals surface area contributed by atoms with Crippen molar-refractivity contribution >= 4 is 34.8 Å². The second-order valence-electron chi connectivity index (χ2n) is 13.9. The number of carbonyl (C=O) groups is 3. The normalized spacial score (nSPS) is 34.0. The molecule has 0 aromatic heterocycles. The highest BCUT2D eigenvalue weighted by molar-refractivity contribution is 6.18. The Morgan fingerprint density at radius 2 is 1.89 bits per heavy atom. The minimum absolute atomic E-state index is 0.00665. The summed E-state index contributed by atoms with van der Waals surface area (Å²) in [5.41, 5.74) is 0.463. The van der Waals surface area contributed by atoms with Gasteiger partial charge in [-0.2, -0.15) is 0 Å². The van der Waals surface area contributed by atoms with Crippen molar-refractivity contribution < 1.29 is 29.3 Å². The number of carbonyl (C=O) groups excluding carboxylic acids is 3. The van der Waals surface area contributed by atoms with Gasteiger partial charge in [0.2, 0.25) is 5.78 Å². The third kappa shape index (κ3) is 5.92. The predicted molar refractivity (Wildman–Crippen MR) is 172 cm³/mol. The van der Waals surface area contributed by atoms with Crippen molar-refractivity contribution in [2.45, 2.75) is 90.3 Å². The Morgan fingerprint density at radius 1 is 1.14 bits per heavy atom. The van der Waals surface area contributed by atoms with Crippen LogP contribution >= 0.6 is 11.6 Å². The van der Waals surface area contributed by atoms with E-state index in [1.165, 1.54) is 0 Å². The number of ketones is 2. The van der Waals surface area contributed by atoms with Gasteiger partial charge in [0.15, 0.2) is 12.4 Å². The number of hydrogen-bond donors (Lipinski definition) is 2. The zero-order valence-corrected chi connectivity index (χ0v) is 27.2. The SMILES string of the molecule is CCCN(CCCl)c1ccc(CCCC(=O)OCC(=O)[C@@]2(O)CC[C@H]3[C@@H]4CCC5=CC(=O)C=C[C@]5(C)[C@H]4[C@@H](O)C[C@@]32C)cc1. The highest BCUT2D eigenvalue weighted by Gasteiger charge is 2.68. The number of rotatable bonds is 12. The molecule has 0 radical (unpaired) electrons. The topological polar surface area (TPSA) is 104 Å². The van der Waals surface area contributed by atoms with Gasteiger partial charge in [0.05, 0.1) is 6.10 Å². The molecular weight excluding hydrogens is 578 g/mol. The predicted octanol–water partition coefficient (Wildman–Crippen LogP) is 5.59. The summed E-state index contributed by atoms with van der Waals surface area (Å²) in [6.45, 7) is 7.47. The summed E-state index contributed by atoms with van der Waals surface area (Å²) in [4.78, 5) is 40.4. The third-order valence-electron chi connectivity index (χ3n) is 11.5. The molecule has 2 N–H and O–H groups in total. The van der Waals surface area contributed by atoms with Crippen LogP contribution in [0.25, 0.3) is 0 Å². The van der Waals surface area contributed by atoms with Crippen molar-refractivity contribution in [1.82, 2.24) is 0 Å². The van der Waals surface area contributed by atoms with Crippen LogP contribution in [0.5, 0.6) is 0 Å². The molecule has 0 spiro atoms. The van der Waals surface area contributed by atoms with Gasteiger partial charge in [-0.05, 0) is 93.1 Å². The van der Waals surface area contributed by atoms with Crippen LogP contribution in [0.15, 0.2) is 48.1 Å². The first-order valence-electron chi connectivity index (χ1n) is 16.4. The fraction of sp³-hybridized carbons (Fsp3) is 0.639. The van der Waals surface area contributed by atoms with E-state index in [0.717, 1.165) is 55.6 Å². The van der Waals surface area contributed by atoms with E-state index in [4.69, 9.17) is 16.3 Å². The van der Waals surface area contributed by atoms with E-state index in [-0.39, 0.29) is 30.0 Å². The Morgan fingerprint density at radius 3 is 2.59 bits per heavy atom. The molecule has 0 bridgehead atoms. The van der Waals surface area contributed by atoms with Gasteiger partial charge < -0.3 is 19.8 Å². The first kappa shape index (κ1) is 32.9. The molecule has 5 rings (SSSR count). The van der Waals surface area contributed by atoms with Crippen LogP contribution in [0.4, 0.5) is 5.69 Å². The standard InChI is InChI=1S/C36H48ClNO6/c1-4-19-38(20-18-37)26-11-8-24(9-12-26)6-5-7-32(42)44-23-31(41)36(43)17-15-29-28-13-10-25-21-27(39)14-16-34(25,2)33(28)30(40)22-35(29,36)3/h8-9,11-12,14,16,21,28-30,33,40,43H,4-7,10,13,15,17-20,22-23H2,1-3H3/t28-,29-,30-,33+,34-,35-,36-/m0/s1. The maximum absolute atomic E-state index is 13.5. The molecule has 44 heavy (non-hydrogen) atoms. The molecule has 1 aromatic carbocycles. The Balaban J connectivity index is 1.15. The molecule has 0 amide bonds. The van der Waals surface area contributed by atoms with Crippen molar-refractivity contribution in [2.24, 2.45) is 28.6 Å². The molecule has 0 saturated heterocycles. The van der Waals surface area contributed by atoms with E-state index in [0.29, 0.717) is 31.6 Å². The molecular formula is C36H48ClNO6. The maximum atomic E-state index is 13.5. The third-order valence-corrected chi connectivity index (χ3v) is 11.6. The van der Waals surface area contributed by atoms with E-state index in [1.807, 2.05) is 13.0 Å². The number of alkyl halides is 1. The van der Waals surface area contributed by atoms with Crippen LogP contribution in [0.3, 0.4) is 0 Å². The van der Waals surface area contributed by atoms with Gasteiger partial charge in [0, 0.05) is 47.8 Å². The quantitative estimate of drug-likeness (QED) is 0.231. The van der Waals surface area contributed by atoms with E-state index in [9.17, 15) is 24.6 Å². The van der Waals surface area contributed by atoms with Gasteiger partial charge in [0.25, 0.3) is 0 Å². The number of aryl methyl sites for hydroxylation is 1. The number of allylic oxidation sites excluding steroid dienone is 4. The Labute approximate surface area is 266 Å². The number of anilines is 1. The summed E-state index contributed by atoms with van der Waals surface area (Å²) in [5.74, 6) is -0.248. The van der Waals surface area contributed by atoms with Crippen molar-refractivity contribution in [3.63, 3.8) is 0 Å². The van der Waals surface area contributed by atoms with Crippen LogP contribution in [-0.4, -0.2) is 65.0 Å². The van der Waals surface area contributed by atoms with Gasteiger partial charge in [0.1, 0.15) is 5.60 Å². The Bertz CT molecular complexity index is 1300. The second kappa shape index (κ2) is 13.1. The van der Waals surface area contributed by atoms with Crippen molar-refractivity contribution in [3.05, 3.63) is 53.6 Å². The van der Waals surface area contributed by atoms with Gasteiger partial charge in [-0.3, -0.25) is 14.4 Å². The molecule has 3 saturated carbocycles. The Kier molecular flexibility index (Phi) is 9.79. The molecule has 0 unspecified atom stereocenters. The molecule has 4 aliphatic carbocycles. The number of benzene rings is 1. The van der Waals surface area contributed by atoms with Crippen LogP contribution < -0.4 is 4.90 Å². The molecule has 4 aliphatic rings. The van der Waals surface area contributed by atoms with Crippen molar-refractivity contribution in [2.75, 3.05) is 30.5 Å². The summed E-state index contributed by atoms with van der Waals surface area (Å²) in [6.07, 6.45) is 9.97. The lowest BCUT2D eigenvalue weighted by Crippen LogP contribution is -2.61. The van der Waals surface area contributed by atoms with Crippen LogP contribution in [0.2, 0.25) is 0 Å². The number of fused-ring (bicyclic) bond motifs is 5. The zero-order chi connectivity index (χ0) is 31.7. The number of hydrogen-bond acceptors (Lipinski definition) is 7. The first-order chi connectivity index (χ1) is 21.0. The summed E-state index contributed by atoms with van der Waals surface area (Å²) < 4.78 is 5.40. The number of Topliss-reactive ketones (excluding diaryl/α,β-unsaturated/α-hetero) is 1. The average molecular weight is 626 g/mol.